The van der Waals surface area contributed by atoms with E-state index in [0.29, 0.717) is 11.1 Å². The van der Waals surface area contributed by atoms with Gasteiger partial charge in [-0.15, -0.1) is 0 Å². The molecule has 1 aromatic carbocycles. The van der Waals surface area contributed by atoms with Gasteiger partial charge in [0.1, 0.15) is 5.75 Å². The maximum absolute atomic E-state index is 6.29. The lowest BCUT2D eigenvalue weighted by Gasteiger charge is -2.11. The fourth-order valence-corrected chi connectivity index (χ4v) is 2.17. The van der Waals surface area contributed by atoms with Crippen LogP contribution in [0.1, 0.15) is 32.8 Å². The molecule has 0 amide bonds. The van der Waals surface area contributed by atoms with Crippen molar-refractivity contribution in [1.82, 2.24) is 15.1 Å². The van der Waals surface area contributed by atoms with Crippen molar-refractivity contribution in [2.24, 2.45) is 0 Å². The summed E-state index contributed by atoms with van der Waals surface area (Å²) in [6.07, 6.45) is 4.66. The highest BCUT2D eigenvalue weighted by molar-refractivity contribution is 6.31. The van der Waals surface area contributed by atoms with Crippen LogP contribution in [0.25, 0.3) is 0 Å². The molecule has 21 heavy (non-hydrogen) atoms. The molecule has 1 N–H and O–H groups in total. The van der Waals surface area contributed by atoms with Crippen LogP contribution in [-0.4, -0.2) is 15.8 Å². The fourth-order valence-electron chi connectivity index (χ4n) is 1.93. The molecular formula is C16H22ClN3O. The number of rotatable bonds is 7. The molecule has 0 aliphatic heterocycles. The van der Waals surface area contributed by atoms with Gasteiger partial charge in [0.15, 0.2) is 5.75 Å². The van der Waals surface area contributed by atoms with Crippen LogP contribution in [0, 0.1) is 0 Å². The number of halogens is 1. The highest BCUT2D eigenvalue weighted by atomic mass is 35.5. The Morgan fingerprint density at radius 1 is 1.33 bits per heavy atom. The Morgan fingerprint density at radius 3 is 2.81 bits per heavy atom. The van der Waals surface area contributed by atoms with E-state index in [-0.39, 0.29) is 0 Å². The van der Waals surface area contributed by atoms with Crippen LogP contribution in [0.2, 0.25) is 5.02 Å². The second-order valence-electron chi connectivity index (χ2n) is 5.33. The number of benzene rings is 1. The molecule has 0 fully saturated rings. The van der Waals surface area contributed by atoms with Gasteiger partial charge in [-0.3, -0.25) is 4.68 Å². The Hall–Kier alpha value is -1.52. The standard InChI is InChI=1S/C16H22ClN3O/c1-4-7-20-11-15(10-19-20)21-14-6-5-13(16(17)8-14)9-18-12(2)3/h5-6,8,10-12,18H,4,7,9H2,1-3H3. The third-order valence-corrected chi connectivity index (χ3v) is 3.38. The van der Waals surface area contributed by atoms with E-state index in [1.165, 1.54) is 0 Å². The second kappa shape index (κ2) is 7.48. The zero-order valence-electron chi connectivity index (χ0n) is 12.8. The first-order valence-electron chi connectivity index (χ1n) is 7.30. The molecule has 2 rings (SSSR count). The van der Waals surface area contributed by atoms with E-state index in [4.69, 9.17) is 16.3 Å². The van der Waals surface area contributed by atoms with E-state index >= 15 is 0 Å². The van der Waals surface area contributed by atoms with Crippen LogP contribution in [0.3, 0.4) is 0 Å². The summed E-state index contributed by atoms with van der Waals surface area (Å²) in [5.41, 5.74) is 1.07. The molecule has 0 spiro atoms. The van der Waals surface area contributed by atoms with Gasteiger partial charge in [0.05, 0.1) is 12.4 Å². The van der Waals surface area contributed by atoms with Gasteiger partial charge in [0, 0.05) is 24.2 Å². The first kappa shape index (κ1) is 15.9. The minimum absolute atomic E-state index is 0.432. The number of aromatic nitrogens is 2. The largest absolute Gasteiger partial charge is 0.454 e. The second-order valence-corrected chi connectivity index (χ2v) is 5.74. The average Bonchev–Trinajstić information content (AvgIpc) is 2.85. The van der Waals surface area contributed by atoms with Crippen molar-refractivity contribution >= 4 is 11.6 Å². The predicted molar refractivity (Wildman–Crippen MR) is 86.0 cm³/mol. The van der Waals surface area contributed by atoms with Crippen molar-refractivity contribution in [2.75, 3.05) is 0 Å². The monoisotopic (exact) mass is 307 g/mol. The molecule has 0 bridgehead atoms. The van der Waals surface area contributed by atoms with Crippen LogP contribution in [-0.2, 0) is 13.1 Å². The van der Waals surface area contributed by atoms with Crippen molar-refractivity contribution in [3.63, 3.8) is 0 Å². The quantitative estimate of drug-likeness (QED) is 0.831. The summed E-state index contributed by atoms with van der Waals surface area (Å²) in [6, 6.07) is 6.20. The summed E-state index contributed by atoms with van der Waals surface area (Å²) >= 11 is 6.29. The third kappa shape index (κ3) is 4.76. The topological polar surface area (TPSA) is 39.1 Å². The van der Waals surface area contributed by atoms with Crippen LogP contribution in [0.4, 0.5) is 0 Å². The van der Waals surface area contributed by atoms with Gasteiger partial charge in [0.25, 0.3) is 0 Å². The molecular weight excluding hydrogens is 286 g/mol. The zero-order chi connectivity index (χ0) is 15.2. The van der Waals surface area contributed by atoms with Crippen LogP contribution in [0.15, 0.2) is 30.6 Å². The number of hydrogen-bond donors (Lipinski definition) is 1. The van der Waals surface area contributed by atoms with Crippen molar-refractivity contribution < 1.29 is 4.74 Å². The Kier molecular flexibility index (Phi) is 5.65. The summed E-state index contributed by atoms with van der Waals surface area (Å²) in [5, 5.41) is 8.30. The maximum Gasteiger partial charge on any atom is 0.165 e. The minimum atomic E-state index is 0.432. The Balaban J connectivity index is 2.01. The molecule has 5 heteroatoms. The average molecular weight is 308 g/mol. The maximum atomic E-state index is 6.29. The van der Waals surface area contributed by atoms with Crippen molar-refractivity contribution in [2.45, 2.75) is 46.3 Å². The van der Waals surface area contributed by atoms with E-state index in [9.17, 15) is 0 Å². The van der Waals surface area contributed by atoms with Gasteiger partial charge in [-0.25, -0.2) is 0 Å². The molecule has 1 heterocycles. The van der Waals surface area contributed by atoms with E-state index in [1.54, 1.807) is 6.20 Å². The van der Waals surface area contributed by atoms with E-state index in [0.717, 1.165) is 36.6 Å². The van der Waals surface area contributed by atoms with Gasteiger partial charge < -0.3 is 10.1 Å². The lowest BCUT2D eigenvalue weighted by atomic mass is 10.2. The van der Waals surface area contributed by atoms with E-state index < -0.39 is 0 Å². The Bertz CT molecular complexity index is 581. The molecule has 0 atom stereocenters. The van der Waals surface area contributed by atoms with Crippen LogP contribution < -0.4 is 10.1 Å². The van der Waals surface area contributed by atoms with Gasteiger partial charge >= 0.3 is 0 Å². The molecule has 114 valence electrons. The molecule has 0 aliphatic rings. The predicted octanol–water partition coefficient (Wildman–Crippen LogP) is 4.24. The molecule has 4 nitrogen and oxygen atoms in total. The van der Waals surface area contributed by atoms with Gasteiger partial charge in [0.2, 0.25) is 0 Å². The fraction of sp³-hybridized carbons (Fsp3) is 0.438. The number of ether oxygens (including phenoxy) is 1. The number of hydrogen-bond acceptors (Lipinski definition) is 3. The summed E-state index contributed by atoms with van der Waals surface area (Å²) in [7, 11) is 0. The number of nitrogens with one attached hydrogen (secondary N) is 1. The minimum Gasteiger partial charge on any atom is -0.454 e. The van der Waals surface area contributed by atoms with Gasteiger partial charge in [-0.1, -0.05) is 38.4 Å². The molecule has 0 saturated heterocycles. The van der Waals surface area contributed by atoms with Crippen molar-refractivity contribution in [3.8, 4) is 11.5 Å². The first-order valence-corrected chi connectivity index (χ1v) is 7.68. The van der Waals surface area contributed by atoms with Crippen molar-refractivity contribution in [3.05, 3.63) is 41.2 Å². The zero-order valence-corrected chi connectivity index (χ0v) is 13.5. The number of nitrogens with zero attached hydrogens (tertiary/aromatic N) is 2. The lowest BCUT2D eigenvalue weighted by Crippen LogP contribution is -2.21. The highest BCUT2D eigenvalue weighted by Gasteiger charge is 2.06. The molecule has 0 saturated carbocycles. The summed E-state index contributed by atoms with van der Waals surface area (Å²) in [4.78, 5) is 0. The Labute approximate surface area is 131 Å². The third-order valence-electron chi connectivity index (χ3n) is 3.02. The van der Waals surface area contributed by atoms with Crippen LogP contribution >= 0.6 is 11.6 Å². The normalized spacial score (nSPS) is 11.1. The summed E-state index contributed by atoms with van der Waals surface area (Å²) in [5.74, 6) is 1.46. The van der Waals surface area contributed by atoms with Crippen molar-refractivity contribution in [1.29, 1.82) is 0 Å². The van der Waals surface area contributed by atoms with E-state index in [1.807, 2.05) is 29.1 Å². The first-order chi connectivity index (χ1) is 10.1. The molecule has 1 aromatic heterocycles. The van der Waals surface area contributed by atoms with Gasteiger partial charge in [-0.05, 0) is 24.1 Å². The molecule has 0 aliphatic carbocycles. The SMILES string of the molecule is CCCn1cc(Oc2ccc(CNC(C)C)c(Cl)c2)cn1. The smallest absolute Gasteiger partial charge is 0.165 e. The molecule has 2 aromatic rings. The number of aryl methyl sites for hydroxylation is 1. The Morgan fingerprint density at radius 2 is 2.14 bits per heavy atom. The molecule has 0 unspecified atom stereocenters. The molecule has 0 radical (unpaired) electrons. The summed E-state index contributed by atoms with van der Waals surface area (Å²) < 4.78 is 7.65. The lowest BCUT2D eigenvalue weighted by molar-refractivity contribution is 0.480. The highest BCUT2D eigenvalue weighted by Crippen LogP contribution is 2.26. The van der Waals surface area contributed by atoms with Gasteiger partial charge in [-0.2, -0.15) is 5.10 Å². The van der Waals surface area contributed by atoms with Crippen LogP contribution in [0.5, 0.6) is 11.5 Å². The van der Waals surface area contributed by atoms with E-state index in [2.05, 4.69) is 31.2 Å². The summed E-state index contributed by atoms with van der Waals surface area (Å²) in [6.45, 7) is 7.99.